The monoisotopic (exact) mass is 472 g/mol. The number of hydrogen-bond donors (Lipinski definition) is 1. The molecule has 8 heteroatoms. The fourth-order valence-corrected chi connectivity index (χ4v) is 6.90. The van der Waals surface area contributed by atoms with Crippen LogP contribution in [-0.4, -0.2) is 82.3 Å². The Hall–Kier alpha value is -2.19. The molecule has 2 saturated heterocycles. The highest BCUT2D eigenvalue weighted by Gasteiger charge is 2.74. The molecular formula is C26H36N2O6. The van der Waals surface area contributed by atoms with Crippen molar-refractivity contribution in [2.24, 2.45) is 11.8 Å². The van der Waals surface area contributed by atoms with Crippen molar-refractivity contribution < 1.29 is 29.0 Å². The molecule has 8 nitrogen and oxygen atoms in total. The molecule has 4 aliphatic heterocycles. The number of fused-ring (bicyclic) bond motifs is 2. The molecule has 1 N–H and O–H groups in total. The van der Waals surface area contributed by atoms with Crippen LogP contribution < -0.4 is 0 Å². The van der Waals surface area contributed by atoms with Gasteiger partial charge in [0.15, 0.2) is 0 Å². The SMILES string of the molecule is C[C@]12C=CCOC(=O)[C@H]1[C@H]1C(=O)N(CCCCCO)C3C(=O)N(C4CCCCC4)CC=C[C@@]31O2. The van der Waals surface area contributed by atoms with Crippen molar-refractivity contribution in [3.05, 3.63) is 24.3 Å². The lowest BCUT2D eigenvalue weighted by Gasteiger charge is -2.40. The highest BCUT2D eigenvalue weighted by Crippen LogP contribution is 2.57. The summed E-state index contributed by atoms with van der Waals surface area (Å²) in [5.41, 5.74) is -2.21. The van der Waals surface area contributed by atoms with Crippen molar-refractivity contribution in [1.29, 1.82) is 0 Å². The van der Waals surface area contributed by atoms with E-state index in [0.717, 1.165) is 32.1 Å². The van der Waals surface area contributed by atoms with E-state index in [-0.39, 0.29) is 31.1 Å². The maximum Gasteiger partial charge on any atom is 0.313 e. The van der Waals surface area contributed by atoms with E-state index in [4.69, 9.17) is 9.47 Å². The van der Waals surface area contributed by atoms with Crippen molar-refractivity contribution >= 4 is 17.8 Å². The van der Waals surface area contributed by atoms with Gasteiger partial charge in [-0.05, 0) is 45.1 Å². The molecule has 1 aliphatic carbocycles. The van der Waals surface area contributed by atoms with Gasteiger partial charge in [-0.2, -0.15) is 0 Å². The van der Waals surface area contributed by atoms with Crippen LogP contribution in [0.25, 0.3) is 0 Å². The largest absolute Gasteiger partial charge is 0.461 e. The topological polar surface area (TPSA) is 96.4 Å². The van der Waals surface area contributed by atoms with Gasteiger partial charge in [0, 0.05) is 25.7 Å². The number of amides is 2. The van der Waals surface area contributed by atoms with Gasteiger partial charge in [-0.1, -0.05) is 37.5 Å². The van der Waals surface area contributed by atoms with E-state index in [1.165, 1.54) is 6.42 Å². The molecule has 1 unspecified atom stereocenters. The van der Waals surface area contributed by atoms with Crippen LogP contribution >= 0.6 is 0 Å². The molecule has 5 rings (SSSR count). The minimum absolute atomic E-state index is 0.0766. The van der Waals surface area contributed by atoms with Crippen LogP contribution in [-0.2, 0) is 23.9 Å². The molecular weight excluding hydrogens is 436 g/mol. The second-order valence-electron chi connectivity index (χ2n) is 10.5. The Morgan fingerprint density at radius 2 is 1.79 bits per heavy atom. The van der Waals surface area contributed by atoms with Gasteiger partial charge in [0.25, 0.3) is 0 Å². The zero-order valence-corrected chi connectivity index (χ0v) is 20.0. The number of carbonyl (C=O) groups is 3. The van der Waals surface area contributed by atoms with Crippen LogP contribution in [0.2, 0.25) is 0 Å². The van der Waals surface area contributed by atoms with Crippen molar-refractivity contribution in [2.75, 3.05) is 26.3 Å². The molecule has 1 spiro atoms. The lowest BCUT2D eigenvalue weighted by Crippen LogP contribution is -2.57. The predicted molar refractivity (Wildman–Crippen MR) is 123 cm³/mol. The van der Waals surface area contributed by atoms with E-state index >= 15 is 0 Å². The molecule has 5 atom stereocenters. The summed E-state index contributed by atoms with van der Waals surface area (Å²) in [4.78, 5) is 44.9. The maximum atomic E-state index is 14.2. The van der Waals surface area contributed by atoms with Crippen molar-refractivity contribution in [3.63, 3.8) is 0 Å². The molecule has 0 radical (unpaired) electrons. The van der Waals surface area contributed by atoms with Crippen LogP contribution in [0.15, 0.2) is 24.3 Å². The average Bonchev–Trinajstić information content (AvgIpc) is 3.08. The van der Waals surface area contributed by atoms with Crippen LogP contribution in [0, 0.1) is 11.8 Å². The lowest BCUT2D eigenvalue weighted by atomic mass is 9.74. The molecule has 2 amide bonds. The van der Waals surface area contributed by atoms with E-state index < -0.39 is 35.0 Å². The van der Waals surface area contributed by atoms with Gasteiger partial charge in [0.05, 0.1) is 11.5 Å². The summed E-state index contributed by atoms with van der Waals surface area (Å²) in [6.45, 7) is 2.97. The highest BCUT2D eigenvalue weighted by atomic mass is 16.6. The molecule has 4 heterocycles. The number of esters is 1. The van der Waals surface area contributed by atoms with Gasteiger partial charge in [-0.15, -0.1) is 0 Å². The van der Waals surface area contributed by atoms with Crippen LogP contribution in [0.4, 0.5) is 0 Å². The predicted octanol–water partition coefficient (Wildman–Crippen LogP) is 1.96. The molecule has 34 heavy (non-hydrogen) atoms. The highest BCUT2D eigenvalue weighted by molar-refractivity contribution is 5.99. The Labute approximate surface area is 200 Å². The molecule has 3 fully saturated rings. The number of ether oxygens (including phenoxy) is 2. The van der Waals surface area contributed by atoms with Gasteiger partial charge in [-0.25, -0.2) is 0 Å². The minimum Gasteiger partial charge on any atom is -0.461 e. The van der Waals surface area contributed by atoms with Gasteiger partial charge in [0.2, 0.25) is 11.8 Å². The summed E-state index contributed by atoms with van der Waals surface area (Å²) in [6, 6.07) is -0.636. The summed E-state index contributed by atoms with van der Waals surface area (Å²) in [6.07, 6.45) is 14.9. The Morgan fingerprint density at radius 3 is 2.56 bits per heavy atom. The zero-order chi connectivity index (χ0) is 23.9. The fraction of sp³-hybridized carbons (Fsp3) is 0.731. The molecule has 186 valence electrons. The fourth-order valence-electron chi connectivity index (χ4n) is 6.90. The van der Waals surface area contributed by atoms with E-state index in [1.807, 2.05) is 30.1 Å². The minimum atomic E-state index is -1.20. The average molecular weight is 473 g/mol. The quantitative estimate of drug-likeness (QED) is 0.361. The number of rotatable bonds is 6. The third-order valence-electron chi connectivity index (χ3n) is 8.42. The number of nitrogens with zero attached hydrogens (tertiary/aromatic N) is 2. The number of likely N-dealkylation sites (tertiary alicyclic amines) is 1. The van der Waals surface area contributed by atoms with E-state index in [1.54, 1.807) is 11.0 Å². The van der Waals surface area contributed by atoms with E-state index in [2.05, 4.69) is 0 Å². The van der Waals surface area contributed by atoms with Crippen molar-refractivity contribution in [2.45, 2.75) is 81.6 Å². The number of aliphatic hydroxyl groups excluding tert-OH is 1. The summed E-state index contributed by atoms with van der Waals surface area (Å²) < 4.78 is 12.1. The van der Waals surface area contributed by atoms with Crippen molar-refractivity contribution in [1.82, 2.24) is 9.80 Å². The first kappa shape index (κ1) is 23.5. The molecule has 1 saturated carbocycles. The summed E-state index contributed by atoms with van der Waals surface area (Å²) in [7, 11) is 0. The zero-order valence-electron chi connectivity index (χ0n) is 20.0. The number of unbranched alkanes of at least 4 members (excludes halogenated alkanes) is 2. The Balaban J connectivity index is 1.55. The summed E-state index contributed by atoms with van der Waals surface area (Å²) >= 11 is 0. The third-order valence-corrected chi connectivity index (χ3v) is 8.42. The molecule has 0 aromatic carbocycles. The first-order chi connectivity index (χ1) is 16.4. The second-order valence-corrected chi connectivity index (χ2v) is 10.5. The number of cyclic esters (lactones) is 1. The summed E-state index contributed by atoms with van der Waals surface area (Å²) in [5, 5.41) is 9.17. The number of carbonyl (C=O) groups excluding carboxylic acids is 3. The first-order valence-electron chi connectivity index (χ1n) is 12.9. The third kappa shape index (κ3) is 3.61. The van der Waals surface area contributed by atoms with Gasteiger partial charge < -0.3 is 24.4 Å². The standard InChI is InChI=1S/C26H36N2O6/c1-25-12-9-17-33-24(32)20(25)19-22(30)28(14-6-3-7-16-29)21-23(31)27(18-10-4-2-5-11-18)15-8-13-26(19,21)34-25/h8-9,12-13,18-21,29H,2-7,10-11,14-17H2,1H3/t19-,20+,21?,25-,26-/m0/s1. The smallest absolute Gasteiger partial charge is 0.313 e. The van der Waals surface area contributed by atoms with E-state index in [0.29, 0.717) is 25.9 Å². The Morgan fingerprint density at radius 1 is 1.00 bits per heavy atom. The van der Waals surface area contributed by atoms with Crippen LogP contribution in [0.3, 0.4) is 0 Å². The van der Waals surface area contributed by atoms with Crippen LogP contribution in [0.1, 0.15) is 58.3 Å². The molecule has 0 aromatic rings. The first-order valence-corrected chi connectivity index (χ1v) is 12.9. The van der Waals surface area contributed by atoms with Crippen molar-refractivity contribution in [3.8, 4) is 0 Å². The van der Waals surface area contributed by atoms with Gasteiger partial charge >= 0.3 is 5.97 Å². The van der Waals surface area contributed by atoms with Crippen LogP contribution in [0.5, 0.6) is 0 Å². The number of aliphatic hydroxyl groups is 1. The normalized spacial score (nSPS) is 37.8. The van der Waals surface area contributed by atoms with Gasteiger partial charge in [-0.3, -0.25) is 14.4 Å². The maximum absolute atomic E-state index is 14.2. The lowest BCUT2D eigenvalue weighted by molar-refractivity contribution is -0.158. The Bertz CT molecular complexity index is 896. The number of hydrogen-bond acceptors (Lipinski definition) is 6. The molecule has 5 aliphatic rings. The molecule has 0 bridgehead atoms. The summed E-state index contributed by atoms with van der Waals surface area (Å²) in [5.74, 6) is -2.34. The Kier molecular flexibility index (Phi) is 6.31. The van der Waals surface area contributed by atoms with E-state index in [9.17, 15) is 19.5 Å². The molecule has 0 aromatic heterocycles. The second kappa shape index (κ2) is 9.11. The van der Waals surface area contributed by atoms with Gasteiger partial charge in [0.1, 0.15) is 24.2 Å².